The first kappa shape index (κ1) is 25.4. The third-order valence-electron chi connectivity index (χ3n) is 6.80. The summed E-state index contributed by atoms with van der Waals surface area (Å²) in [5.41, 5.74) is 10.2. The largest absolute Gasteiger partial charge is 0.396 e. The molecule has 0 spiro atoms. The number of imidazole rings is 1. The van der Waals surface area contributed by atoms with Crippen molar-refractivity contribution in [3.63, 3.8) is 0 Å². The lowest BCUT2D eigenvalue weighted by Gasteiger charge is -2.26. The van der Waals surface area contributed by atoms with Gasteiger partial charge in [0.15, 0.2) is 5.65 Å². The Kier molecular flexibility index (Phi) is 7.34. The zero-order valence-electron chi connectivity index (χ0n) is 21.1. The van der Waals surface area contributed by atoms with Crippen molar-refractivity contribution in [3.05, 3.63) is 78.4 Å². The van der Waals surface area contributed by atoms with E-state index in [-0.39, 0.29) is 18.4 Å². The summed E-state index contributed by atoms with van der Waals surface area (Å²) in [5, 5.41) is 13.0. The average molecular weight is 515 g/mol. The SMILES string of the molecule is C[C@@H](CO)C(C(N)=O)c1cccc(-c2cc(Nc3ccc(C(=O)N4CCOCC4)cn3)c3nccn3c2)c1. The first-order valence-corrected chi connectivity index (χ1v) is 12.5. The molecule has 10 nitrogen and oxygen atoms in total. The zero-order valence-corrected chi connectivity index (χ0v) is 21.1. The summed E-state index contributed by atoms with van der Waals surface area (Å²) in [7, 11) is 0. The Morgan fingerprint density at radius 2 is 1.95 bits per heavy atom. The van der Waals surface area contributed by atoms with Crippen LogP contribution in [0.25, 0.3) is 16.8 Å². The number of carbonyl (C=O) groups excluding carboxylic acids is 2. The molecule has 1 aromatic carbocycles. The lowest BCUT2D eigenvalue weighted by atomic mass is 9.86. The Balaban J connectivity index is 1.43. The number of benzene rings is 1. The highest BCUT2D eigenvalue weighted by atomic mass is 16.5. The molecule has 10 heteroatoms. The number of carbonyl (C=O) groups is 2. The molecule has 0 bridgehead atoms. The number of aliphatic hydroxyl groups excluding tert-OH is 1. The van der Waals surface area contributed by atoms with Crippen LogP contribution in [0.1, 0.15) is 28.8 Å². The molecule has 1 unspecified atom stereocenters. The molecular weight excluding hydrogens is 484 g/mol. The minimum atomic E-state index is -0.600. The number of aliphatic hydroxyl groups is 1. The van der Waals surface area contributed by atoms with Crippen LogP contribution in [0.4, 0.5) is 11.5 Å². The van der Waals surface area contributed by atoms with Crippen LogP contribution in [0, 0.1) is 5.92 Å². The van der Waals surface area contributed by atoms with Crippen molar-refractivity contribution >= 4 is 29.0 Å². The van der Waals surface area contributed by atoms with E-state index in [0.717, 1.165) is 22.4 Å². The Morgan fingerprint density at radius 1 is 1.13 bits per heavy atom. The van der Waals surface area contributed by atoms with Gasteiger partial charge in [0.1, 0.15) is 5.82 Å². The molecule has 38 heavy (non-hydrogen) atoms. The lowest BCUT2D eigenvalue weighted by molar-refractivity contribution is -0.120. The van der Waals surface area contributed by atoms with E-state index in [1.54, 1.807) is 36.4 Å². The molecule has 196 valence electrons. The van der Waals surface area contributed by atoms with E-state index < -0.39 is 11.8 Å². The molecule has 0 aliphatic carbocycles. The van der Waals surface area contributed by atoms with Gasteiger partial charge in [-0.05, 0) is 35.2 Å². The minimum Gasteiger partial charge on any atom is -0.396 e. The quantitative estimate of drug-likeness (QED) is 0.329. The van der Waals surface area contributed by atoms with Crippen molar-refractivity contribution in [2.24, 2.45) is 11.7 Å². The number of pyridine rings is 2. The number of aromatic nitrogens is 3. The predicted octanol–water partition coefficient (Wildman–Crippen LogP) is 2.81. The number of morpholine rings is 1. The summed E-state index contributed by atoms with van der Waals surface area (Å²) in [4.78, 5) is 35.6. The maximum atomic E-state index is 12.7. The predicted molar refractivity (Wildman–Crippen MR) is 143 cm³/mol. The van der Waals surface area contributed by atoms with Crippen molar-refractivity contribution in [1.29, 1.82) is 0 Å². The molecule has 0 saturated carbocycles. The Labute approximate surface area is 220 Å². The molecular formula is C28H30N6O4. The molecule has 2 amide bonds. The number of nitrogens with two attached hydrogens (primary N) is 1. The highest BCUT2D eigenvalue weighted by Gasteiger charge is 2.25. The van der Waals surface area contributed by atoms with Gasteiger partial charge >= 0.3 is 0 Å². The van der Waals surface area contributed by atoms with Crippen LogP contribution in [0.15, 0.2) is 67.3 Å². The molecule has 1 aliphatic heterocycles. The summed E-state index contributed by atoms with van der Waals surface area (Å²) in [6.45, 7) is 3.89. The Bertz CT molecular complexity index is 1450. The molecule has 4 heterocycles. The van der Waals surface area contributed by atoms with E-state index in [1.165, 1.54) is 0 Å². The first-order chi connectivity index (χ1) is 18.4. The number of amides is 2. The molecule has 4 N–H and O–H groups in total. The van der Waals surface area contributed by atoms with Crippen molar-refractivity contribution in [2.45, 2.75) is 12.8 Å². The highest BCUT2D eigenvalue weighted by molar-refractivity contribution is 5.94. The maximum absolute atomic E-state index is 12.7. The fourth-order valence-electron chi connectivity index (χ4n) is 4.75. The number of hydrogen-bond donors (Lipinski definition) is 3. The molecule has 1 fully saturated rings. The van der Waals surface area contributed by atoms with Gasteiger partial charge in [0, 0.05) is 50.0 Å². The third kappa shape index (κ3) is 5.22. The number of ether oxygens (including phenoxy) is 1. The molecule has 0 radical (unpaired) electrons. The fraction of sp³-hybridized carbons (Fsp3) is 0.286. The highest BCUT2D eigenvalue weighted by Crippen LogP contribution is 2.31. The van der Waals surface area contributed by atoms with Crippen molar-refractivity contribution in [2.75, 3.05) is 38.2 Å². The van der Waals surface area contributed by atoms with E-state index in [4.69, 9.17) is 10.5 Å². The first-order valence-electron chi connectivity index (χ1n) is 12.5. The van der Waals surface area contributed by atoms with Crippen LogP contribution in [-0.2, 0) is 9.53 Å². The summed E-state index contributed by atoms with van der Waals surface area (Å²) >= 11 is 0. The number of anilines is 2. The number of primary amides is 1. The van der Waals surface area contributed by atoms with Crippen LogP contribution < -0.4 is 11.1 Å². The van der Waals surface area contributed by atoms with Crippen molar-refractivity contribution < 1.29 is 19.4 Å². The molecule has 4 aromatic rings. The van der Waals surface area contributed by atoms with Gasteiger partial charge in [0.2, 0.25) is 5.91 Å². The van der Waals surface area contributed by atoms with E-state index in [9.17, 15) is 14.7 Å². The van der Waals surface area contributed by atoms with Gasteiger partial charge in [-0.25, -0.2) is 9.97 Å². The maximum Gasteiger partial charge on any atom is 0.255 e. The molecule has 1 saturated heterocycles. The lowest BCUT2D eigenvalue weighted by Crippen LogP contribution is -2.40. The van der Waals surface area contributed by atoms with Gasteiger partial charge in [-0.15, -0.1) is 0 Å². The number of nitrogens with zero attached hydrogens (tertiary/aromatic N) is 4. The van der Waals surface area contributed by atoms with E-state index in [0.29, 0.717) is 43.3 Å². The van der Waals surface area contributed by atoms with Gasteiger partial charge < -0.3 is 30.2 Å². The zero-order chi connectivity index (χ0) is 26.6. The van der Waals surface area contributed by atoms with Crippen molar-refractivity contribution in [1.82, 2.24) is 19.3 Å². The topological polar surface area (TPSA) is 135 Å². The molecule has 5 rings (SSSR count). The van der Waals surface area contributed by atoms with Crippen LogP contribution in [0.5, 0.6) is 0 Å². The van der Waals surface area contributed by atoms with Gasteiger partial charge in [-0.1, -0.05) is 31.2 Å². The minimum absolute atomic E-state index is 0.0605. The number of fused-ring (bicyclic) bond motifs is 1. The third-order valence-corrected chi connectivity index (χ3v) is 6.80. The van der Waals surface area contributed by atoms with Gasteiger partial charge in [-0.3, -0.25) is 9.59 Å². The second kappa shape index (κ2) is 11.0. The summed E-state index contributed by atoms with van der Waals surface area (Å²) in [6, 6.07) is 13.1. The van der Waals surface area contributed by atoms with Gasteiger partial charge in [-0.2, -0.15) is 0 Å². The second-order valence-corrected chi connectivity index (χ2v) is 9.43. The van der Waals surface area contributed by atoms with Crippen LogP contribution in [0.2, 0.25) is 0 Å². The fourth-order valence-corrected chi connectivity index (χ4v) is 4.75. The second-order valence-electron chi connectivity index (χ2n) is 9.43. The number of nitrogens with one attached hydrogen (secondary N) is 1. The standard InChI is InChI=1S/C28H30N6O4/c1-18(17-35)25(26(29)36)20-4-2-3-19(13-20)22-14-23(27-30-7-8-34(27)16-22)32-24-6-5-21(15-31-24)28(37)33-9-11-38-12-10-33/h2-8,13-16,18,25,35H,9-12,17H2,1H3,(H2,29,36)(H,31,32)/t18-,25?/m0/s1. The summed E-state index contributed by atoms with van der Waals surface area (Å²) in [5.74, 6) is -0.866. The number of rotatable bonds is 8. The molecule has 3 aromatic heterocycles. The summed E-state index contributed by atoms with van der Waals surface area (Å²) in [6.07, 6.45) is 7.09. The normalized spacial score (nSPS) is 15.3. The van der Waals surface area contributed by atoms with Gasteiger partial charge in [0.05, 0.1) is 30.4 Å². The summed E-state index contributed by atoms with van der Waals surface area (Å²) < 4.78 is 7.23. The van der Waals surface area contributed by atoms with Crippen LogP contribution in [-0.4, -0.2) is 69.1 Å². The molecule has 2 atom stereocenters. The van der Waals surface area contributed by atoms with Crippen molar-refractivity contribution in [3.8, 4) is 11.1 Å². The van der Waals surface area contributed by atoms with E-state index in [2.05, 4.69) is 15.3 Å². The van der Waals surface area contributed by atoms with Gasteiger partial charge in [0.25, 0.3) is 5.91 Å². The smallest absolute Gasteiger partial charge is 0.255 e. The van der Waals surface area contributed by atoms with Crippen LogP contribution >= 0.6 is 0 Å². The van der Waals surface area contributed by atoms with E-state index >= 15 is 0 Å². The molecule has 1 aliphatic rings. The van der Waals surface area contributed by atoms with E-state index in [1.807, 2.05) is 47.1 Å². The van der Waals surface area contributed by atoms with Crippen LogP contribution in [0.3, 0.4) is 0 Å². The average Bonchev–Trinajstić information content (AvgIpc) is 3.43. The monoisotopic (exact) mass is 514 g/mol. The number of hydrogen-bond acceptors (Lipinski definition) is 7. The Morgan fingerprint density at radius 3 is 2.66 bits per heavy atom. The Hall–Kier alpha value is -4.28.